The van der Waals surface area contributed by atoms with Gasteiger partial charge in [0.2, 0.25) is 0 Å². The molecule has 2 atom stereocenters. The number of unbranched alkanes of at least 4 members (excludes halogenated alkanes) is 20. The number of carboxylic acids is 1. The third-order valence-corrected chi connectivity index (χ3v) is 12.7. The average Bonchev–Trinajstić information content (AvgIpc) is 3.40. The lowest BCUT2D eigenvalue weighted by Crippen LogP contribution is -2.40. The molecular weight excluding hydrogens is 959 g/mol. The maximum absolute atomic E-state index is 12.9. The summed E-state index contributed by atoms with van der Waals surface area (Å²) in [7, 11) is 5.96. The van der Waals surface area contributed by atoms with Crippen LogP contribution >= 0.6 is 0 Å². The normalized spacial score (nSPS) is 13.6. The highest BCUT2D eigenvalue weighted by Crippen LogP contribution is 2.15. The predicted molar refractivity (Wildman–Crippen MR) is 327 cm³/mol. The number of hydrogen-bond acceptors (Lipinski definition) is 7. The third-order valence-electron chi connectivity index (χ3n) is 12.7. The summed E-state index contributed by atoms with van der Waals surface area (Å²) in [6.07, 6.45) is 78.7. The van der Waals surface area contributed by atoms with Gasteiger partial charge < -0.3 is 28.5 Å². The molecule has 9 nitrogen and oxygen atoms in total. The van der Waals surface area contributed by atoms with E-state index in [0.717, 1.165) is 109 Å². The van der Waals surface area contributed by atoms with Crippen LogP contribution in [0.4, 0.5) is 0 Å². The second-order valence-electron chi connectivity index (χ2n) is 21.3. The highest BCUT2D eigenvalue weighted by atomic mass is 16.7. The molecular formula is C68H114NO8+. The molecule has 0 bridgehead atoms. The van der Waals surface area contributed by atoms with Crippen molar-refractivity contribution in [3.63, 3.8) is 0 Å². The number of nitrogens with zero attached hydrogens (tertiary/aromatic N) is 1. The van der Waals surface area contributed by atoms with Crippen molar-refractivity contribution in [1.29, 1.82) is 0 Å². The molecule has 2 unspecified atom stereocenters. The van der Waals surface area contributed by atoms with Gasteiger partial charge in [0.05, 0.1) is 34.4 Å². The van der Waals surface area contributed by atoms with Gasteiger partial charge in [-0.2, -0.15) is 0 Å². The van der Waals surface area contributed by atoms with Gasteiger partial charge in [0.15, 0.2) is 6.10 Å². The molecule has 0 aliphatic heterocycles. The van der Waals surface area contributed by atoms with E-state index < -0.39 is 24.3 Å². The zero-order valence-corrected chi connectivity index (χ0v) is 49.8. The van der Waals surface area contributed by atoms with Gasteiger partial charge in [-0.25, -0.2) is 4.79 Å². The Morgan fingerprint density at radius 2 is 0.740 bits per heavy atom. The zero-order chi connectivity index (χ0) is 56.2. The van der Waals surface area contributed by atoms with E-state index in [9.17, 15) is 19.5 Å². The highest BCUT2D eigenvalue weighted by Gasteiger charge is 2.25. The van der Waals surface area contributed by atoms with Crippen LogP contribution in [0.2, 0.25) is 0 Å². The summed E-state index contributed by atoms with van der Waals surface area (Å²) in [5.74, 6) is -2.02. The summed E-state index contributed by atoms with van der Waals surface area (Å²) in [4.78, 5) is 37.3. The van der Waals surface area contributed by atoms with E-state index in [2.05, 4.69) is 135 Å². The summed E-state index contributed by atoms with van der Waals surface area (Å²) >= 11 is 0. The molecule has 0 aliphatic carbocycles. The highest BCUT2D eigenvalue weighted by molar-refractivity contribution is 5.71. The number of ether oxygens (including phenoxy) is 4. The number of carbonyl (C=O) groups excluding carboxylic acids is 2. The summed E-state index contributed by atoms with van der Waals surface area (Å²) < 4.78 is 22.8. The van der Waals surface area contributed by atoms with Gasteiger partial charge in [-0.3, -0.25) is 9.59 Å². The van der Waals surface area contributed by atoms with Gasteiger partial charge in [-0.1, -0.05) is 251 Å². The number of aliphatic carboxylic acids is 1. The van der Waals surface area contributed by atoms with Crippen molar-refractivity contribution in [3.8, 4) is 0 Å². The molecule has 0 saturated carbocycles. The minimum Gasteiger partial charge on any atom is -0.477 e. The molecule has 0 fully saturated rings. The number of rotatable bonds is 55. The van der Waals surface area contributed by atoms with Crippen molar-refractivity contribution in [2.75, 3.05) is 47.5 Å². The van der Waals surface area contributed by atoms with Crippen molar-refractivity contribution in [2.24, 2.45) is 0 Å². The van der Waals surface area contributed by atoms with Gasteiger partial charge >= 0.3 is 17.9 Å². The largest absolute Gasteiger partial charge is 0.477 e. The summed E-state index contributed by atoms with van der Waals surface area (Å²) in [6.45, 7) is 4.74. The van der Waals surface area contributed by atoms with Crippen LogP contribution in [-0.4, -0.2) is 87.4 Å². The number of carboxylic acid groups (broad SMARTS) is 1. The minimum atomic E-state index is -1.51. The number of allylic oxidation sites excluding steroid dienone is 20. The first-order valence-corrected chi connectivity index (χ1v) is 30.7. The minimum absolute atomic E-state index is 0.183. The molecule has 0 amide bonds. The van der Waals surface area contributed by atoms with Crippen LogP contribution in [0.15, 0.2) is 122 Å². The summed E-state index contributed by atoms with van der Waals surface area (Å²) in [5.41, 5.74) is 0. The first-order chi connectivity index (χ1) is 37.6. The maximum Gasteiger partial charge on any atom is 0.361 e. The molecule has 0 spiro atoms. The van der Waals surface area contributed by atoms with Crippen molar-refractivity contribution < 1.29 is 42.9 Å². The Kier molecular flexibility index (Phi) is 54.6. The Balaban J connectivity index is 4.09. The second-order valence-corrected chi connectivity index (χ2v) is 21.3. The van der Waals surface area contributed by atoms with Crippen molar-refractivity contribution in [2.45, 2.75) is 245 Å². The Labute approximate surface area is 472 Å². The van der Waals surface area contributed by atoms with Gasteiger partial charge in [-0.15, -0.1) is 0 Å². The van der Waals surface area contributed by atoms with E-state index in [1.807, 2.05) is 21.1 Å². The molecule has 438 valence electrons. The monoisotopic (exact) mass is 1070 g/mol. The number of carbonyl (C=O) groups is 3. The van der Waals surface area contributed by atoms with E-state index in [-0.39, 0.29) is 32.2 Å². The Morgan fingerprint density at radius 1 is 0.403 bits per heavy atom. The predicted octanol–water partition coefficient (Wildman–Crippen LogP) is 18.5. The smallest absolute Gasteiger partial charge is 0.361 e. The third kappa shape index (κ3) is 59.2. The van der Waals surface area contributed by atoms with Gasteiger partial charge in [0, 0.05) is 12.8 Å². The molecule has 0 radical (unpaired) electrons. The van der Waals surface area contributed by atoms with E-state index in [1.165, 1.54) is 89.9 Å². The van der Waals surface area contributed by atoms with Gasteiger partial charge in [0.25, 0.3) is 6.29 Å². The summed E-state index contributed by atoms with van der Waals surface area (Å²) in [5, 5.41) is 9.68. The van der Waals surface area contributed by atoms with Crippen molar-refractivity contribution in [3.05, 3.63) is 122 Å². The lowest BCUT2D eigenvalue weighted by Gasteiger charge is -2.25. The molecule has 0 aliphatic rings. The number of likely N-dealkylation sites (N-methyl/N-ethyl adjacent to an activating group) is 1. The zero-order valence-electron chi connectivity index (χ0n) is 49.8. The van der Waals surface area contributed by atoms with Crippen molar-refractivity contribution >= 4 is 17.9 Å². The van der Waals surface area contributed by atoms with Crippen LogP contribution in [0, 0.1) is 0 Å². The standard InChI is InChI=1S/C68H113NO8/c1-6-8-10-12-14-16-18-19-20-21-22-23-24-25-26-27-28-29-30-31-32-33-34-35-36-37-38-39-40-41-42-43-44-45-46-47-49-51-53-55-57-59-66(71)77-64(63-76-68(67(72)73)74-61-60-69(3,4)5)62-75-65(70)58-56-54-52-50-48-17-15-13-11-9-7-2/h8,10,14,16,19-20,22-23,25-26,28-29,31-32,34-35,37-38,40-41,64,68H,6-7,9,11-13,15,17-18,21,24,27,30,33,36,39,42-63H2,1-5H3/p+1/b10-8-,16-14-,20-19-,23-22-,26-25-,29-28-,32-31-,35-34-,38-37-,41-40-. The molecule has 0 aromatic heterocycles. The lowest BCUT2D eigenvalue weighted by molar-refractivity contribution is -0.870. The van der Waals surface area contributed by atoms with E-state index in [4.69, 9.17) is 18.9 Å². The maximum atomic E-state index is 12.9. The van der Waals surface area contributed by atoms with Crippen molar-refractivity contribution in [1.82, 2.24) is 0 Å². The van der Waals surface area contributed by atoms with Crippen LogP contribution in [0.5, 0.6) is 0 Å². The van der Waals surface area contributed by atoms with E-state index in [0.29, 0.717) is 23.9 Å². The number of quaternary nitrogens is 1. The van der Waals surface area contributed by atoms with Crippen LogP contribution in [0.1, 0.15) is 232 Å². The fourth-order valence-electron chi connectivity index (χ4n) is 8.04. The molecule has 9 heteroatoms. The molecule has 0 aromatic rings. The van der Waals surface area contributed by atoms with E-state index >= 15 is 0 Å². The number of esters is 2. The lowest BCUT2D eigenvalue weighted by atomic mass is 10.0. The topological polar surface area (TPSA) is 108 Å². The molecule has 1 N–H and O–H groups in total. The first kappa shape index (κ1) is 72.7. The van der Waals surface area contributed by atoms with Crippen LogP contribution in [0.25, 0.3) is 0 Å². The van der Waals surface area contributed by atoms with Gasteiger partial charge in [-0.05, 0) is 89.9 Å². The first-order valence-electron chi connectivity index (χ1n) is 30.7. The molecule has 0 rings (SSSR count). The van der Waals surface area contributed by atoms with Crippen LogP contribution in [0.3, 0.4) is 0 Å². The Bertz CT molecular complexity index is 1670. The van der Waals surface area contributed by atoms with Crippen LogP contribution in [-0.2, 0) is 33.3 Å². The molecule has 0 saturated heterocycles. The summed E-state index contributed by atoms with van der Waals surface area (Å²) in [6, 6.07) is 0. The Hall–Kier alpha value is -4.31. The second kappa shape index (κ2) is 57.9. The number of hydrogen-bond donors (Lipinski definition) is 1. The average molecular weight is 1070 g/mol. The molecule has 77 heavy (non-hydrogen) atoms. The fraction of sp³-hybridized carbons (Fsp3) is 0.662. The fourth-order valence-corrected chi connectivity index (χ4v) is 8.04. The molecule has 0 aromatic carbocycles. The van der Waals surface area contributed by atoms with E-state index in [1.54, 1.807) is 0 Å². The SMILES string of the molecule is CC/C=C\C/C=C\C/C=C\C/C=C\C/C=C\C/C=C\C/C=C\C/C=C\C/C=C\C/C=C\CCCCCCCCCCCCC(=O)OC(COC(=O)CCCCCCCCCCCCC)COC(OCC[N+](C)(C)C)C(=O)O. The Morgan fingerprint density at radius 3 is 1.10 bits per heavy atom. The quantitative estimate of drug-likeness (QED) is 0.0211. The van der Waals surface area contributed by atoms with Gasteiger partial charge in [0.1, 0.15) is 13.2 Å². The molecule has 0 heterocycles. The van der Waals surface area contributed by atoms with Crippen LogP contribution < -0.4 is 0 Å².